The lowest BCUT2D eigenvalue weighted by atomic mass is 9.98. The molecule has 1 fully saturated rings. The molecule has 2 aromatic heterocycles. The minimum atomic E-state index is 0.773. The van der Waals surface area contributed by atoms with Crippen molar-refractivity contribution in [2.75, 3.05) is 25.0 Å². The Morgan fingerprint density at radius 2 is 2.21 bits per heavy atom. The molecule has 3 heterocycles. The van der Waals surface area contributed by atoms with E-state index in [-0.39, 0.29) is 0 Å². The smallest absolute Gasteiger partial charge is 0.137 e. The summed E-state index contributed by atoms with van der Waals surface area (Å²) in [4.78, 5) is 8.45. The van der Waals surface area contributed by atoms with E-state index in [1.165, 1.54) is 12.8 Å². The van der Waals surface area contributed by atoms with Crippen LogP contribution in [0.1, 0.15) is 12.8 Å². The molecule has 2 N–H and O–H groups in total. The number of piperidine rings is 1. The van der Waals surface area contributed by atoms with Gasteiger partial charge in [0.1, 0.15) is 12.1 Å². The highest BCUT2D eigenvalue weighted by molar-refractivity contribution is 5.43. The van der Waals surface area contributed by atoms with Crippen molar-refractivity contribution >= 4 is 5.69 Å². The topological polar surface area (TPSA) is 54.8 Å². The van der Waals surface area contributed by atoms with Gasteiger partial charge >= 0.3 is 0 Å². The van der Waals surface area contributed by atoms with Crippen molar-refractivity contribution in [2.45, 2.75) is 12.8 Å². The maximum Gasteiger partial charge on any atom is 0.137 e. The molecule has 5 heteroatoms. The summed E-state index contributed by atoms with van der Waals surface area (Å²) in [6.07, 6.45) is 9.80. The van der Waals surface area contributed by atoms with Crippen LogP contribution in [0.25, 0.3) is 5.82 Å². The Morgan fingerprint density at radius 3 is 2.89 bits per heavy atom. The molecule has 1 aliphatic heterocycles. The first-order valence-corrected chi connectivity index (χ1v) is 6.81. The predicted molar refractivity (Wildman–Crippen MR) is 75.4 cm³/mol. The second-order valence-corrected chi connectivity index (χ2v) is 4.95. The Morgan fingerprint density at radius 1 is 1.32 bits per heavy atom. The van der Waals surface area contributed by atoms with E-state index in [4.69, 9.17) is 0 Å². The first-order valence-electron chi connectivity index (χ1n) is 6.81. The van der Waals surface area contributed by atoms with E-state index in [1.807, 2.05) is 23.0 Å². The summed E-state index contributed by atoms with van der Waals surface area (Å²) < 4.78 is 1.90. The summed E-state index contributed by atoms with van der Waals surface area (Å²) in [5.41, 5.74) is 1.09. The van der Waals surface area contributed by atoms with Gasteiger partial charge in [-0.3, -0.25) is 4.57 Å². The molecule has 0 unspecified atom stereocenters. The minimum absolute atomic E-state index is 0.773. The quantitative estimate of drug-likeness (QED) is 0.875. The molecule has 19 heavy (non-hydrogen) atoms. The van der Waals surface area contributed by atoms with Gasteiger partial charge < -0.3 is 10.6 Å². The van der Waals surface area contributed by atoms with Crippen LogP contribution in [0.4, 0.5) is 5.69 Å². The zero-order chi connectivity index (χ0) is 12.9. The summed E-state index contributed by atoms with van der Waals surface area (Å²) in [7, 11) is 0. The average Bonchev–Trinajstić information content (AvgIpc) is 3.01. The number of nitrogens with zero attached hydrogens (tertiary/aromatic N) is 3. The van der Waals surface area contributed by atoms with Gasteiger partial charge in [0.05, 0.1) is 11.9 Å². The number of hydrogen-bond acceptors (Lipinski definition) is 4. The van der Waals surface area contributed by atoms with Crippen molar-refractivity contribution in [1.82, 2.24) is 19.9 Å². The number of imidazole rings is 1. The highest BCUT2D eigenvalue weighted by Gasteiger charge is 2.12. The van der Waals surface area contributed by atoms with Crippen LogP contribution in [-0.2, 0) is 0 Å². The molecule has 0 radical (unpaired) electrons. The number of pyridine rings is 1. The summed E-state index contributed by atoms with van der Waals surface area (Å²) >= 11 is 0. The average molecular weight is 257 g/mol. The van der Waals surface area contributed by atoms with E-state index in [2.05, 4.69) is 26.7 Å². The molecule has 1 saturated heterocycles. The van der Waals surface area contributed by atoms with Crippen molar-refractivity contribution in [1.29, 1.82) is 0 Å². The van der Waals surface area contributed by atoms with Gasteiger partial charge in [-0.2, -0.15) is 0 Å². The van der Waals surface area contributed by atoms with E-state index in [1.54, 1.807) is 12.5 Å². The van der Waals surface area contributed by atoms with Crippen LogP contribution in [0.2, 0.25) is 0 Å². The predicted octanol–water partition coefficient (Wildman–Crippen LogP) is 1.68. The number of rotatable bonds is 4. The first-order chi connectivity index (χ1) is 9.42. The molecule has 0 atom stereocenters. The second kappa shape index (κ2) is 5.84. The minimum Gasteiger partial charge on any atom is -0.384 e. The summed E-state index contributed by atoms with van der Waals surface area (Å²) in [5, 5.41) is 6.86. The van der Waals surface area contributed by atoms with Crippen molar-refractivity contribution in [3.8, 4) is 5.82 Å². The second-order valence-electron chi connectivity index (χ2n) is 4.95. The van der Waals surface area contributed by atoms with E-state index < -0.39 is 0 Å². The van der Waals surface area contributed by atoms with Crippen LogP contribution in [0.3, 0.4) is 0 Å². The van der Waals surface area contributed by atoms with E-state index in [0.717, 1.165) is 37.1 Å². The fraction of sp³-hybridized carbons (Fsp3) is 0.429. The SMILES string of the molecule is c1cn(-c2ccc(NCC3CCNCC3)cn2)cn1. The van der Waals surface area contributed by atoms with Gasteiger partial charge in [-0.25, -0.2) is 9.97 Å². The largest absolute Gasteiger partial charge is 0.384 e. The van der Waals surface area contributed by atoms with E-state index in [9.17, 15) is 0 Å². The van der Waals surface area contributed by atoms with E-state index in [0.29, 0.717) is 0 Å². The summed E-state index contributed by atoms with van der Waals surface area (Å²) in [6.45, 7) is 3.32. The lowest BCUT2D eigenvalue weighted by molar-refractivity contribution is 0.390. The van der Waals surface area contributed by atoms with Gasteiger partial charge in [-0.1, -0.05) is 0 Å². The molecule has 0 aromatic carbocycles. The van der Waals surface area contributed by atoms with Gasteiger partial charge in [-0.05, 0) is 44.0 Å². The molecule has 0 spiro atoms. The Bertz CT molecular complexity index is 485. The molecule has 5 nitrogen and oxygen atoms in total. The normalized spacial score (nSPS) is 16.4. The zero-order valence-corrected chi connectivity index (χ0v) is 10.9. The fourth-order valence-electron chi connectivity index (χ4n) is 2.39. The maximum absolute atomic E-state index is 4.43. The Labute approximate surface area is 113 Å². The van der Waals surface area contributed by atoms with Crippen molar-refractivity contribution in [2.24, 2.45) is 5.92 Å². The van der Waals surface area contributed by atoms with Crippen LogP contribution < -0.4 is 10.6 Å². The molecular weight excluding hydrogens is 238 g/mol. The highest BCUT2D eigenvalue weighted by Crippen LogP contribution is 2.14. The Hall–Kier alpha value is -1.88. The van der Waals surface area contributed by atoms with Gasteiger partial charge in [0.25, 0.3) is 0 Å². The number of hydrogen-bond donors (Lipinski definition) is 2. The molecule has 2 aromatic rings. The molecule has 100 valence electrons. The van der Waals surface area contributed by atoms with Gasteiger partial charge in [0, 0.05) is 18.9 Å². The van der Waals surface area contributed by atoms with Gasteiger partial charge in [0.15, 0.2) is 0 Å². The lowest BCUT2D eigenvalue weighted by Crippen LogP contribution is -2.31. The Kier molecular flexibility index (Phi) is 3.74. The number of anilines is 1. The molecule has 3 rings (SSSR count). The lowest BCUT2D eigenvalue weighted by Gasteiger charge is -2.23. The van der Waals surface area contributed by atoms with Gasteiger partial charge in [-0.15, -0.1) is 0 Å². The summed E-state index contributed by atoms with van der Waals surface area (Å²) in [5.74, 6) is 1.67. The number of nitrogens with one attached hydrogen (secondary N) is 2. The number of aromatic nitrogens is 3. The molecule has 1 aliphatic rings. The highest BCUT2D eigenvalue weighted by atomic mass is 15.1. The maximum atomic E-state index is 4.43. The summed E-state index contributed by atoms with van der Waals surface area (Å²) in [6, 6.07) is 4.08. The third-order valence-electron chi connectivity index (χ3n) is 3.57. The fourth-order valence-corrected chi connectivity index (χ4v) is 2.39. The van der Waals surface area contributed by atoms with Crippen LogP contribution >= 0.6 is 0 Å². The third-order valence-corrected chi connectivity index (χ3v) is 3.57. The van der Waals surface area contributed by atoms with Crippen LogP contribution in [0.15, 0.2) is 37.1 Å². The molecule has 0 amide bonds. The van der Waals surface area contributed by atoms with Gasteiger partial charge in [0.2, 0.25) is 0 Å². The van der Waals surface area contributed by atoms with Crippen LogP contribution in [0.5, 0.6) is 0 Å². The van der Waals surface area contributed by atoms with Crippen molar-refractivity contribution in [3.63, 3.8) is 0 Å². The molecular formula is C14H19N5. The van der Waals surface area contributed by atoms with Crippen molar-refractivity contribution in [3.05, 3.63) is 37.1 Å². The molecule has 0 aliphatic carbocycles. The van der Waals surface area contributed by atoms with E-state index >= 15 is 0 Å². The first kappa shape index (κ1) is 12.2. The van der Waals surface area contributed by atoms with Crippen LogP contribution in [0, 0.1) is 5.92 Å². The zero-order valence-electron chi connectivity index (χ0n) is 10.9. The standard InChI is InChI=1S/C14H19N5/c1-2-14(19-8-7-16-11-19)18-10-13(1)17-9-12-3-5-15-6-4-12/h1-2,7-8,10-12,15,17H,3-6,9H2. The Balaban J connectivity index is 1.57. The monoisotopic (exact) mass is 257 g/mol. The third kappa shape index (κ3) is 3.12. The van der Waals surface area contributed by atoms with Crippen LogP contribution in [-0.4, -0.2) is 34.2 Å². The van der Waals surface area contributed by atoms with Crippen molar-refractivity contribution < 1.29 is 0 Å². The molecule has 0 bridgehead atoms. The molecule has 0 saturated carbocycles.